The average molecular weight is 453 g/mol. The number of hydrogen-bond donors (Lipinski definition) is 0. The van der Waals surface area contributed by atoms with Crippen LogP contribution in [0.15, 0.2) is 35.5 Å². The highest BCUT2D eigenvalue weighted by molar-refractivity contribution is 5.66. The second kappa shape index (κ2) is 9.38. The minimum absolute atomic E-state index is 0.112. The van der Waals surface area contributed by atoms with Crippen molar-refractivity contribution in [3.8, 4) is 0 Å². The Morgan fingerprint density at radius 3 is 2.42 bits per heavy atom. The van der Waals surface area contributed by atoms with Crippen LogP contribution in [0.2, 0.25) is 0 Å². The Morgan fingerprint density at radius 1 is 1.06 bits per heavy atom. The monoisotopic (exact) mass is 452 g/mol. The van der Waals surface area contributed by atoms with Gasteiger partial charge in [-0.1, -0.05) is 70.1 Å². The van der Waals surface area contributed by atoms with Crippen LogP contribution >= 0.6 is 0 Å². The van der Waals surface area contributed by atoms with E-state index in [2.05, 4.69) is 65.8 Å². The van der Waals surface area contributed by atoms with Crippen molar-refractivity contribution in [2.24, 2.45) is 46.3 Å². The Hall–Kier alpha value is -1.31. The molecular weight excluding hydrogens is 404 g/mol. The van der Waals surface area contributed by atoms with E-state index in [1.165, 1.54) is 44.1 Å². The third-order valence-electron chi connectivity index (χ3n) is 10.7. The Labute approximate surface area is 203 Å². The van der Waals surface area contributed by atoms with Crippen LogP contribution < -0.4 is 0 Å². The van der Waals surface area contributed by atoms with Crippen molar-refractivity contribution < 1.29 is 9.53 Å². The summed E-state index contributed by atoms with van der Waals surface area (Å²) in [5.74, 6) is 4.09. The zero-order valence-electron chi connectivity index (χ0n) is 22.3. The van der Waals surface area contributed by atoms with Gasteiger partial charge in [-0.2, -0.15) is 0 Å². The van der Waals surface area contributed by atoms with Crippen LogP contribution in [0, 0.1) is 46.3 Å². The maximum atomic E-state index is 11.5. The summed E-state index contributed by atoms with van der Waals surface area (Å²) in [6, 6.07) is 0. The number of esters is 1. The summed E-state index contributed by atoms with van der Waals surface area (Å²) < 4.78 is 5.64. The maximum Gasteiger partial charge on any atom is 0.302 e. The fourth-order valence-corrected chi connectivity index (χ4v) is 8.74. The minimum atomic E-state index is -0.112. The second-order valence-electron chi connectivity index (χ2n) is 12.6. The van der Waals surface area contributed by atoms with Crippen LogP contribution in [-0.4, -0.2) is 12.1 Å². The molecule has 33 heavy (non-hydrogen) atoms. The molecule has 3 fully saturated rings. The summed E-state index contributed by atoms with van der Waals surface area (Å²) in [5, 5.41) is 0. The van der Waals surface area contributed by atoms with Gasteiger partial charge in [-0.05, 0) is 105 Å². The van der Waals surface area contributed by atoms with Gasteiger partial charge in [0.05, 0.1) is 0 Å². The first-order chi connectivity index (χ1) is 15.6. The fourth-order valence-electron chi connectivity index (χ4n) is 8.74. The van der Waals surface area contributed by atoms with Crippen LogP contribution in [0.1, 0.15) is 99.8 Å². The molecule has 8 atom stereocenters. The molecule has 8 unspecified atom stereocenters. The number of fused-ring (bicyclic) bond motifs is 5. The lowest BCUT2D eigenvalue weighted by molar-refractivity contribution is -0.152. The lowest BCUT2D eigenvalue weighted by atomic mass is 9.47. The molecule has 0 aliphatic heterocycles. The van der Waals surface area contributed by atoms with Gasteiger partial charge in [-0.25, -0.2) is 0 Å². The molecule has 2 heteroatoms. The van der Waals surface area contributed by atoms with Gasteiger partial charge in [0.15, 0.2) is 0 Å². The molecule has 4 aliphatic rings. The summed E-state index contributed by atoms with van der Waals surface area (Å²) in [6.45, 7) is 16.0. The highest BCUT2D eigenvalue weighted by atomic mass is 16.5. The van der Waals surface area contributed by atoms with Crippen molar-refractivity contribution >= 4 is 5.97 Å². The fraction of sp³-hybridized carbons (Fsp3) is 0.774. The van der Waals surface area contributed by atoms with Gasteiger partial charge in [0, 0.05) is 6.92 Å². The molecule has 0 amide bonds. The number of rotatable bonds is 5. The Morgan fingerprint density at radius 2 is 1.76 bits per heavy atom. The van der Waals surface area contributed by atoms with Gasteiger partial charge in [0.25, 0.3) is 0 Å². The summed E-state index contributed by atoms with van der Waals surface area (Å²) in [5.41, 5.74) is 4.12. The molecule has 0 radical (unpaired) electrons. The molecule has 3 saturated carbocycles. The molecule has 0 aromatic rings. The number of hydrogen-bond acceptors (Lipinski definition) is 2. The number of ether oxygens (including phenoxy) is 1. The second-order valence-corrected chi connectivity index (χ2v) is 12.6. The van der Waals surface area contributed by atoms with Crippen LogP contribution in [-0.2, 0) is 9.53 Å². The van der Waals surface area contributed by atoms with Crippen LogP contribution in [0.5, 0.6) is 0 Å². The molecule has 0 bridgehead atoms. The van der Waals surface area contributed by atoms with Crippen molar-refractivity contribution in [3.05, 3.63) is 35.5 Å². The van der Waals surface area contributed by atoms with E-state index < -0.39 is 0 Å². The van der Waals surface area contributed by atoms with Crippen molar-refractivity contribution in [3.63, 3.8) is 0 Å². The first kappa shape index (κ1) is 24.8. The first-order valence-electron chi connectivity index (χ1n) is 13.8. The highest BCUT2D eigenvalue weighted by Gasteiger charge is 2.58. The smallest absolute Gasteiger partial charge is 0.302 e. The quantitative estimate of drug-likeness (QED) is 0.238. The summed E-state index contributed by atoms with van der Waals surface area (Å²) >= 11 is 0. The molecule has 4 rings (SSSR count). The molecule has 184 valence electrons. The molecule has 0 saturated heterocycles. The molecule has 2 nitrogen and oxygen atoms in total. The third-order valence-corrected chi connectivity index (χ3v) is 10.7. The number of allylic oxidation sites excluding steroid dienone is 6. The van der Waals surface area contributed by atoms with E-state index in [1.807, 2.05) is 5.57 Å². The third kappa shape index (κ3) is 4.41. The molecule has 0 spiro atoms. The molecule has 4 aliphatic carbocycles. The Bertz CT molecular complexity index is 832. The highest BCUT2D eigenvalue weighted by Crippen LogP contribution is 2.66. The lowest BCUT2D eigenvalue weighted by Gasteiger charge is -2.57. The van der Waals surface area contributed by atoms with E-state index in [0.717, 1.165) is 30.6 Å². The van der Waals surface area contributed by atoms with E-state index in [4.69, 9.17) is 4.74 Å². The first-order valence-corrected chi connectivity index (χ1v) is 13.8. The predicted molar refractivity (Wildman–Crippen MR) is 138 cm³/mol. The molecule has 0 N–H and O–H groups in total. The lowest BCUT2D eigenvalue weighted by Crippen LogP contribution is -2.50. The van der Waals surface area contributed by atoms with Crippen molar-refractivity contribution in [2.75, 3.05) is 0 Å². The zero-order chi connectivity index (χ0) is 24.0. The van der Waals surface area contributed by atoms with E-state index >= 15 is 0 Å². The Balaban J connectivity index is 1.51. The standard InChI is InChI=1S/C31H48O2/c1-8-23(20(2)3)10-9-21(4)27-13-14-28-26-12-11-24-19-25(33-22(5)32)15-17-30(24,6)29(26)16-18-31(27,28)7/h8-10,12,20-21,24-25,27-29H,11,13-19H2,1-7H3. The van der Waals surface area contributed by atoms with E-state index in [-0.39, 0.29) is 12.1 Å². The van der Waals surface area contributed by atoms with Crippen molar-refractivity contribution in [1.82, 2.24) is 0 Å². The molecule has 0 aromatic carbocycles. The largest absolute Gasteiger partial charge is 0.463 e. The summed E-state index contributed by atoms with van der Waals surface area (Å²) in [7, 11) is 0. The van der Waals surface area contributed by atoms with E-state index in [9.17, 15) is 4.79 Å². The average Bonchev–Trinajstić information content (AvgIpc) is 3.11. The number of carbonyl (C=O) groups is 1. The summed E-state index contributed by atoms with van der Waals surface area (Å²) in [4.78, 5) is 11.5. The van der Waals surface area contributed by atoms with E-state index in [1.54, 1.807) is 6.92 Å². The molecular formula is C31H48O2. The zero-order valence-corrected chi connectivity index (χ0v) is 22.3. The van der Waals surface area contributed by atoms with Crippen molar-refractivity contribution in [1.29, 1.82) is 0 Å². The van der Waals surface area contributed by atoms with Crippen LogP contribution in [0.4, 0.5) is 0 Å². The van der Waals surface area contributed by atoms with Gasteiger partial charge < -0.3 is 4.74 Å². The van der Waals surface area contributed by atoms with Crippen LogP contribution in [0.25, 0.3) is 0 Å². The predicted octanol–water partition coefficient (Wildman–Crippen LogP) is 8.29. The van der Waals surface area contributed by atoms with E-state index in [0.29, 0.717) is 28.6 Å². The topological polar surface area (TPSA) is 26.3 Å². The van der Waals surface area contributed by atoms with Crippen molar-refractivity contribution in [2.45, 2.75) is 106 Å². The minimum Gasteiger partial charge on any atom is -0.463 e. The summed E-state index contributed by atoms with van der Waals surface area (Å²) in [6.07, 6.45) is 20.0. The SMILES string of the molecule is CC=C(C=CC(C)C1CCC2C3=CCC4CC(OC(C)=O)CCC4(C)C3CCC21C)C(C)C. The number of carbonyl (C=O) groups excluding carboxylic acids is 1. The van der Waals surface area contributed by atoms with Gasteiger partial charge >= 0.3 is 5.97 Å². The van der Waals surface area contributed by atoms with Gasteiger partial charge in [0.2, 0.25) is 0 Å². The van der Waals surface area contributed by atoms with Gasteiger partial charge in [-0.3, -0.25) is 4.79 Å². The van der Waals surface area contributed by atoms with Crippen LogP contribution in [0.3, 0.4) is 0 Å². The molecule has 0 aromatic heterocycles. The van der Waals surface area contributed by atoms with Gasteiger partial charge in [-0.15, -0.1) is 0 Å². The normalized spacial score (nSPS) is 41.9. The Kier molecular flexibility index (Phi) is 7.05. The van der Waals surface area contributed by atoms with Gasteiger partial charge in [0.1, 0.15) is 6.10 Å². The maximum absolute atomic E-state index is 11.5. The molecule has 0 heterocycles.